The number of carbonyl (C=O) groups excluding carboxylic acids is 1. The van der Waals surface area contributed by atoms with Gasteiger partial charge in [-0.2, -0.15) is 5.10 Å². The summed E-state index contributed by atoms with van der Waals surface area (Å²) in [5, 5.41) is 4.25. The van der Waals surface area contributed by atoms with Crippen molar-refractivity contribution in [2.24, 2.45) is 5.10 Å². The van der Waals surface area contributed by atoms with Gasteiger partial charge in [0.2, 0.25) is 5.95 Å². The highest BCUT2D eigenvalue weighted by molar-refractivity contribution is 9.10. The quantitative estimate of drug-likeness (QED) is 0.555. The number of esters is 1. The summed E-state index contributed by atoms with van der Waals surface area (Å²) in [4.78, 5) is 15.5. The Kier molecular flexibility index (Phi) is 6.40. The summed E-state index contributed by atoms with van der Waals surface area (Å²) >= 11 is 3.41. The number of methoxy groups -OCH3 is 1. The molecule has 2 rings (SSSR count). The van der Waals surface area contributed by atoms with Crippen LogP contribution >= 0.6 is 15.9 Å². The highest BCUT2D eigenvalue weighted by Gasteiger charge is 2.13. The molecule has 0 aliphatic heterocycles. The SMILES string of the molecule is CCOC(=O)COc1c(Br)cc(C=Nn2cc(C)nc2N)cc1OC. The number of hydrogen-bond donors (Lipinski definition) is 1. The van der Waals surface area contributed by atoms with Crippen LogP contribution in [0.1, 0.15) is 18.2 Å². The first-order valence-electron chi connectivity index (χ1n) is 7.46. The van der Waals surface area contributed by atoms with E-state index in [0.717, 1.165) is 11.3 Å². The van der Waals surface area contributed by atoms with Crippen LogP contribution in [0.2, 0.25) is 0 Å². The van der Waals surface area contributed by atoms with Crippen LogP contribution in [0.5, 0.6) is 11.5 Å². The lowest BCUT2D eigenvalue weighted by atomic mass is 10.2. The Balaban J connectivity index is 2.20. The smallest absolute Gasteiger partial charge is 0.344 e. The van der Waals surface area contributed by atoms with E-state index in [1.807, 2.05) is 6.92 Å². The highest BCUT2D eigenvalue weighted by Crippen LogP contribution is 2.36. The molecule has 0 amide bonds. The lowest BCUT2D eigenvalue weighted by molar-refractivity contribution is -0.145. The molecule has 1 heterocycles. The van der Waals surface area contributed by atoms with Crippen molar-refractivity contribution in [1.29, 1.82) is 0 Å². The molecule has 0 unspecified atom stereocenters. The van der Waals surface area contributed by atoms with Crippen LogP contribution < -0.4 is 15.2 Å². The van der Waals surface area contributed by atoms with Gasteiger partial charge in [0.25, 0.3) is 0 Å². The number of halogens is 1. The van der Waals surface area contributed by atoms with Crippen LogP contribution in [-0.4, -0.2) is 42.2 Å². The van der Waals surface area contributed by atoms with Gasteiger partial charge in [-0.25, -0.2) is 14.5 Å². The molecule has 1 aromatic heterocycles. The number of aryl methyl sites for hydroxylation is 1. The summed E-state index contributed by atoms with van der Waals surface area (Å²) in [6.07, 6.45) is 3.33. The van der Waals surface area contributed by atoms with Crippen LogP contribution in [-0.2, 0) is 9.53 Å². The largest absolute Gasteiger partial charge is 0.493 e. The van der Waals surface area contributed by atoms with E-state index in [-0.39, 0.29) is 6.61 Å². The van der Waals surface area contributed by atoms with Crippen molar-refractivity contribution >= 4 is 34.1 Å². The Hall–Kier alpha value is -2.55. The second kappa shape index (κ2) is 8.52. The number of hydrogen-bond acceptors (Lipinski definition) is 7. The summed E-state index contributed by atoms with van der Waals surface area (Å²) < 4.78 is 17.7. The standard InChI is InChI=1S/C16H19BrN4O4/c1-4-24-14(22)9-25-15-12(17)5-11(6-13(15)23-3)7-19-21-8-10(2)20-16(21)18/h5-8H,4,9H2,1-3H3,(H2,18,20). The monoisotopic (exact) mass is 410 g/mol. The van der Waals surface area contributed by atoms with Crippen LogP contribution in [0, 0.1) is 6.92 Å². The van der Waals surface area contributed by atoms with E-state index < -0.39 is 5.97 Å². The van der Waals surface area contributed by atoms with Gasteiger partial charge in [0.05, 0.1) is 36.3 Å². The maximum atomic E-state index is 11.4. The van der Waals surface area contributed by atoms with Gasteiger partial charge in [-0.3, -0.25) is 0 Å². The van der Waals surface area contributed by atoms with Crippen LogP contribution in [0.4, 0.5) is 5.95 Å². The molecular formula is C16H19BrN4O4. The molecule has 0 spiro atoms. The fourth-order valence-corrected chi connectivity index (χ4v) is 2.59. The molecular weight excluding hydrogens is 392 g/mol. The van der Waals surface area contributed by atoms with E-state index in [9.17, 15) is 4.79 Å². The number of imidazole rings is 1. The molecule has 25 heavy (non-hydrogen) atoms. The molecule has 0 aliphatic rings. The van der Waals surface area contributed by atoms with E-state index in [0.29, 0.717) is 28.5 Å². The molecule has 0 aliphatic carbocycles. The predicted molar refractivity (Wildman–Crippen MR) is 97.2 cm³/mol. The van der Waals surface area contributed by atoms with Gasteiger partial charge in [0.15, 0.2) is 18.1 Å². The third-order valence-electron chi connectivity index (χ3n) is 3.06. The highest BCUT2D eigenvalue weighted by atomic mass is 79.9. The number of carbonyl (C=O) groups is 1. The average molecular weight is 411 g/mol. The van der Waals surface area contributed by atoms with Gasteiger partial charge in [-0.05, 0) is 47.5 Å². The minimum atomic E-state index is -0.451. The van der Waals surface area contributed by atoms with Crippen molar-refractivity contribution in [1.82, 2.24) is 9.66 Å². The molecule has 0 saturated carbocycles. The molecule has 8 nitrogen and oxygen atoms in total. The van der Waals surface area contributed by atoms with E-state index in [1.54, 1.807) is 31.5 Å². The Morgan fingerprint density at radius 1 is 1.48 bits per heavy atom. The number of aromatic nitrogens is 2. The van der Waals surface area contributed by atoms with Gasteiger partial charge < -0.3 is 19.9 Å². The third kappa shape index (κ3) is 4.96. The van der Waals surface area contributed by atoms with Crippen molar-refractivity contribution < 1.29 is 19.0 Å². The Morgan fingerprint density at radius 2 is 2.24 bits per heavy atom. The number of nitrogen functional groups attached to an aromatic ring is 1. The molecule has 134 valence electrons. The van der Waals surface area contributed by atoms with Crippen molar-refractivity contribution in [2.45, 2.75) is 13.8 Å². The summed E-state index contributed by atoms with van der Waals surface area (Å²) in [6.45, 7) is 3.66. The van der Waals surface area contributed by atoms with Crippen molar-refractivity contribution in [2.75, 3.05) is 26.1 Å². The third-order valence-corrected chi connectivity index (χ3v) is 3.65. The summed E-state index contributed by atoms with van der Waals surface area (Å²) in [5.74, 6) is 0.711. The molecule has 1 aromatic carbocycles. The van der Waals surface area contributed by atoms with Crippen molar-refractivity contribution in [3.05, 3.63) is 34.1 Å². The van der Waals surface area contributed by atoms with E-state index in [4.69, 9.17) is 19.9 Å². The van der Waals surface area contributed by atoms with Gasteiger partial charge >= 0.3 is 5.97 Å². The second-order valence-corrected chi connectivity index (χ2v) is 5.81. The van der Waals surface area contributed by atoms with Crippen LogP contribution in [0.15, 0.2) is 27.9 Å². The zero-order valence-corrected chi connectivity index (χ0v) is 15.7. The first-order valence-corrected chi connectivity index (χ1v) is 8.25. The maximum Gasteiger partial charge on any atom is 0.344 e. The zero-order valence-electron chi connectivity index (χ0n) is 14.2. The molecule has 2 aromatic rings. The van der Waals surface area contributed by atoms with Gasteiger partial charge in [0, 0.05) is 0 Å². The Labute approximate surface area is 153 Å². The van der Waals surface area contributed by atoms with E-state index >= 15 is 0 Å². The van der Waals surface area contributed by atoms with Crippen LogP contribution in [0.25, 0.3) is 0 Å². The molecule has 0 bridgehead atoms. The summed E-state index contributed by atoms with van der Waals surface area (Å²) in [7, 11) is 1.51. The predicted octanol–water partition coefficient (Wildman–Crippen LogP) is 2.37. The maximum absolute atomic E-state index is 11.4. The van der Waals surface area contributed by atoms with Crippen molar-refractivity contribution in [3.63, 3.8) is 0 Å². The molecule has 0 saturated heterocycles. The van der Waals surface area contributed by atoms with E-state index in [2.05, 4.69) is 26.0 Å². The minimum Gasteiger partial charge on any atom is -0.493 e. The Bertz CT molecular complexity index is 789. The van der Waals surface area contributed by atoms with Crippen LogP contribution in [0.3, 0.4) is 0 Å². The molecule has 0 radical (unpaired) electrons. The number of anilines is 1. The van der Waals surface area contributed by atoms with E-state index in [1.165, 1.54) is 11.8 Å². The summed E-state index contributed by atoms with van der Waals surface area (Å²) in [6, 6.07) is 3.52. The second-order valence-electron chi connectivity index (χ2n) is 4.96. The molecule has 0 fully saturated rings. The number of nitrogens with zero attached hydrogens (tertiary/aromatic N) is 3. The van der Waals surface area contributed by atoms with Gasteiger partial charge in [-0.1, -0.05) is 0 Å². The fraction of sp³-hybridized carbons (Fsp3) is 0.312. The number of nitrogens with two attached hydrogens (primary N) is 1. The number of ether oxygens (including phenoxy) is 3. The number of benzene rings is 1. The fourth-order valence-electron chi connectivity index (χ4n) is 2.01. The molecule has 2 N–H and O–H groups in total. The summed E-state index contributed by atoms with van der Waals surface area (Å²) in [5.41, 5.74) is 7.27. The first kappa shape index (κ1) is 18.8. The van der Waals surface area contributed by atoms with Gasteiger partial charge in [-0.15, -0.1) is 0 Å². The Morgan fingerprint density at radius 3 is 2.84 bits per heavy atom. The topological polar surface area (TPSA) is 101 Å². The lowest BCUT2D eigenvalue weighted by Gasteiger charge is -2.13. The van der Waals surface area contributed by atoms with Gasteiger partial charge in [0.1, 0.15) is 0 Å². The molecule has 9 heteroatoms. The first-order chi connectivity index (χ1) is 11.9. The normalized spacial score (nSPS) is 10.9. The average Bonchev–Trinajstić information content (AvgIpc) is 2.89. The van der Waals surface area contributed by atoms with Crippen molar-refractivity contribution in [3.8, 4) is 11.5 Å². The minimum absolute atomic E-state index is 0.207. The molecule has 0 atom stereocenters. The number of rotatable bonds is 7. The lowest BCUT2D eigenvalue weighted by Crippen LogP contribution is -2.15. The zero-order chi connectivity index (χ0) is 18.4.